The fourth-order valence-corrected chi connectivity index (χ4v) is 3.91. The molecule has 0 saturated carbocycles. The van der Waals surface area contributed by atoms with Gasteiger partial charge in [-0.25, -0.2) is 9.59 Å². The van der Waals surface area contributed by atoms with Crippen molar-refractivity contribution in [2.24, 2.45) is 0 Å². The molecule has 1 aliphatic heterocycles. The SMILES string of the molecule is CCOC(=O)c1ccc(CCNC(=O)c2cc(C(=O)OCC)ccc2N2CCCCC2)cc1. The molecule has 3 rings (SSSR count). The smallest absolute Gasteiger partial charge is 0.338 e. The molecular formula is C26H32N2O5. The molecule has 33 heavy (non-hydrogen) atoms. The molecule has 0 radical (unpaired) electrons. The third kappa shape index (κ3) is 6.57. The first-order chi connectivity index (χ1) is 16.0. The Labute approximate surface area is 195 Å². The van der Waals surface area contributed by atoms with E-state index in [0.29, 0.717) is 36.3 Å². The lowest BCUT2D eigenvalue weighted by Crippen LogP contribution is -2.33. The van der Waals surface area contributed by atoms with Gasteiger partial charge in [-0.2, -0.15) is 0 Å². The number of anilines is 1. The highest BCUT2D eigenvalue weighted by Gasteiger charge is 2.21. The number of nitrogens with one attached hydrogen (secondary N) is 1. The molecular weight excluding hydrogens is 420 g/mol. The lowest BCUT2D eigenvalue weighted by molar-refractivity contribution is 0.0516. The van der Waals surface area contributed by atoms with Gasteiger partial charge in [-0.1, -0.05) is 12.1 Å². The van der Waals surface area contributed by atoms with Gasteiger partial charge < -0.3 is 19.7 Å². The van der Waals surface area contributed by atoms with E-state index in [9.17, 15) is 14.4 Å². The minimum Gasteiger partial charge on any atom is -0.462 e. The maximum absolute atomic E-state index is 13.1. The lowest BCUT2D eigenvalue weighted by Gasteiger charge is -2.30. The number of esters is 2. The summed E-state index contributed by atoms with van der Waals surface area (Å²) in [5.41, 5.74) is 3.21. The van der Waals surface area contributed by atoms with Crippen LogP contribution in [0.4, 0.5) is 5.69 Å². The molecule has 0 aliphatic carbocycles. The number of hydrogen-bond acceptors (Lipinski definition) is 6. The third-order valence-electron chi connectivity index (χ3n) is 5.61. The summed E-state index contributed by atoms with van der Waals surface area (Å²) in [7, 11) is 0. The van der Waals surface area contributed by atoms with Crippen molar-refractivity contribution in [3.63, 3.8) is 0 Å². The molecule has 1 amide bonds. The van der Waals surface area contributed by atoms with Gasteiger partial charge in [0.05, 0.1) is 29.9 Å². The summed E-state index contributed by atoms with van der Waals surface area (Å²) in [6.07, 6.45) is 3.98. The summed E-state index contributed by atoms with van der Waals surface area (Å²) in [5.74, 6) is -0.993. The van der Waals surface area contributed by atoms with Crippen molar-refractivity contribution in [3.05, 3.63) is 64.7 Å². The Balaban J connectivity index is 1.68. The van der Waals surface area contributed by atoms with Crippen LogP contribution in [-0.2, 0) is 15.9 Å². The molecule has 0 bridgehead atoms. The lowest BCUT2D eigenvalue weighted by atomic mass is 10.0. The molecule has 0 spiro atoms. The zero-order chi connectivity index (χ0) is 23.6. The minimum atomic E-state index is -0.432. The first-order valence-electron chi connectivity index (χ1n) is 11.6. The fourth-order valence-electron chi connectivity index (χ4n) is 3.91. The van der Waals surface area contributed by atoms with Gasteiger partial charge in [0, 0.05) is 25.3 Å². The van der Waals surface area contributed by atoms with Crippen molar-refractivity contribution in [3.8, 4) is 0 Å². The van der Waals surface area contributed by atoms with Crippen molar-refractivity contribution in [1.29, 1.82) is 0 Å². The summed E-state index contributed by atoms with van der Waals surface area (Å²) < 4.78 is 10.1. The highest BCUT2D eigenvalue weighted by Crippen LogP contribution is 2.26. The topological polar surface area (TPSA) is 84.9 Å². The molecule has 7 heteroatoms. The van der Waals surface area contributed by atoms with Gasteiger partial charge in [0.2, 0.25) is 0 Å². The zero-order valence-corrected chi connectivity index (χ0v) is 19.4. The summed E-state index contributed by atoms with van der Waals surface area (Å²) in [6, 6.07) is 12.4. The van der Waals surface area contributed by atoms with E-state index in [-0.39, 0.29) is 18.5 Å². The van der Waals surface area contributed by atoms with Crippen LogP contribution in [0.5, 0.6) is 0 Å². The standard InChI is InChI=1S/C26H32N2O5/c1-3-32-25(30)20-10-8-19(9-11-20)14-15-27-24(29)22-18-21(26(31)33-4-2)12-13-23(22)28-16-6-5-7-17-28/h8-13,18H,3-7,14-17H2,1-2H3,(H,27,29). The summed E-state index contributed by atoms with van der Waals surface area (Å²) in [4.78, 5) is 39.3. The highest BCUT2D eigenvalue weighted by atomic mass is 16.5. The predicted molar refractivity (Wildman–Crippen MR) is 127 cm³/mol. The van der Waals surface area contributed by atoms with Crippen molar-refractivity contribution >= 4 is 23.5 Å². The van der Waals surface area contributed by atoms with Crippen LogP contribution in [0.3, 0.4) is 0 Å². The monoisotopic (exact) mass is 452 g/mol. The largest absolute Gasteiger partial charge is 0.462 e. The van der Waals surface area contributed by atoms with Gasteiger partial charge in [0.25, 0.3) is 5.91 Å². The molecule has 2 aromatic rings. The van der Waals surface area contributed by atoms with Crippen LogP contribution in [0.25, 0.3) is 0 Å². The molecule has 1 fully saturated rings. The number of piperidine rings is 1. The van der Waals surface area contributed by atoms with Crippen molar-refractivity contribution < 1.29 is 23.9 Å². The van der Waals surface area contributed by atoms with Crippen molar-refractivity contribution in [1.82, 2.24) is 5.32 Å². The zero-order valence-electron chi connectivity index (χ0n) is 19.4. The molecule has 176 valence electrons. The average Bonchev–Trinajstić information content (AvgIpc) is 2.85. The van der Waals surface area contributed by atoms with Crippen LogP contribution in [-0.4, -0.2) is 50.7 Å². The van der Waals surface area contributed by atoms with Gasteiger partial charge in [-0.15, -0.1) is 0 Å². The number of amides is 1. The first kappa shape index (κ1) is 24.3. The van der Waals surface area contributed by atoms with E-state index >= 15 is 0 Å². The molecule has 0 unspecified atom stereocenters. The molecule has 2 aromatic carbocycles. The maximum atomic E-state index is 13.1. The molecule has 1 aliphatic rings. The number of carbonyl (C=O) groups is 3. The van der Waals surface area contributed by atoms with E-state index in [1.165, 1.54) is 6.42 Å². The second-order valence-electron chi connectivity index (χ2n) is 7.92. The van der Waals surface area contributed by atoms with Gasteiger partial charge >= 0.3 is 11.9 Å². The molecule has 1 N–H and O–H groups in total. The quantitative estimate of drug-likeness (QED) is 0.579. The van der Waals surface area contributed by atoms with Crippen LogP contribution in [0.15, 0.2) is 42.5 Å². The Morgan fingerprint density at radius 2 is 1.45 bits per heavy atom. The maximum Gasteiger partial charge on any atom is 0.338 e. The van der Waals surface area contributed by atoms with E-state index < -0.39 is 5.97 Å². The van der Waals surface area contributed by atoms with Crippen LogP contribution in [0.2, 0.25) is 0 Å². The Hall–Kier alpha value is -3.35. The second-order valence-corrected chi connectivity index (χ2v) is 7.92. The highest BCUT2D eigenvalue weighted by molar-refractivity contribution is 6.02. The fraction of sp³-hybridized carbons (Fsp3) is 0.423. The second kappa shape index (κ2) is 12.0. The van der Waals surface area contributed by atoms with Crippen LogP contribution >= 0.6 is 0 Å². The van der Waals surface area contributed by atoms with E-state index in [1.54, 1.807) is 38.1 Å². The number of hydrogen-bond donors (Lipinski definition) is 1. The minimum absolute atomic E-state index is 0.218. The van der Waals surface area contributed by atoms with E-state index in [4.69, 9.17) is 9.47 Å². The molecule has 7 nitrogen and oxygen atoms in total. The molecule has 0 atom stereocenters. The Bertz CT molecular complexity index is 965. The number of rotatable bonds is 9. The molecule has 1 heterocycles. The first-order valence-corrected chi connectivity index (χ1v) is 11.6. The van der Waals surface area contributed by atoms with E-state index in [1.807, 2.05) is 18.2 Å². The summed E-state index contributed by atoms with van der Waals surface area (Å²) in [5, 5.41) is 2.97. The molecule has 0 aromatic heterocycles. The van der Waals surface area contributed by atoms with Crippen molar-refractivity contribution in [2.75, 3.05) is 37.7 Å². The summed E-state index contributed by atoms with van der Waals surface area (Å²) in [6.45, 7) is 6.37. The van der Waals surface area contributed by atoms with Crippen LogP contribution in [0, 0.1) is 0 Å². The van der Waals surface area contributed by atoms with Gasteiger partial charge in [-0.3, -0.25) is 4.79 Å². The third-order valence-corrected chi connectivity index (χ3v) is 5.61. The Morgan fingerprint density at radius 3 is 2.09 bits per heavy atom. The molecule has 1 saturated heterocycles. The predicted octanol–water partition coefficient (Wildman–Crippen LogP) is 4.00. The van der Waals surface area contributed by atoms with E-state index in [0.717, 1.165) is 37.2 Å². The number of benzene rings is 2. The van der Waals surface area contributed by atoms with Gasteiger partial charge in [0.15, 0.2) is 0 Å². The van der Waals surface area contributed by atoms with E-state index in [2.05, 4.69) is 10.2 Å². The van der Waals surface area contributed by atoms with Crippen LogP contribution in [0.1, 0.15) is 69.7 Å². The number of nitrogens with zero attached hydrogens (tertiary/aromatic N) is 1. The Morgan fingerprint density at radius 1 is 0.848 bits per heavy atom. The summed E-state index contributed by atoms with van der Waals surface area (Å²) >= 11 is 0. The van der Waals surface area contributed by atoms with Crippen molar-refractivity contribution in [2.45, 2.75) is 39.5 Å². The van der Waals surface area contributed by atoms with Crippen LogP contribution < -0.4 is 10.2 Å². The average molecular weight is 453 g/mol. The Kier molecular flexibility index (Phi) is 8.87. The number of ether oxygens (including phenoxy) is 2. The normalized spacial score (nSPS) is 13.3. The number of carbonyl (C=O) groups excluding carboxylic acids is 3. The van der Waals surface area contributed by atoms with Gasteiger partial charge in [0.1, 0.15) is 0 Å². The van der Waals surface area contributed by atoms with Gasteiger partial charge in [-0.05, 0) is 75.4 Å².